The smallest absolute Gasteiger partial charge is 0.410 e. The first kappa shape index (κ1) is 66.2. The topological polar surface area (TPSA) is 396 Å². The fourth-order valence-corrected chi connectivity index (χ4v) is 12.8. The maximum Gasteiger partial charge on any atom is 0.410 e. The van der Waals surface area contributed by atoms with E-state index in [1.165, 1.54) is 35.1 Å². The van der Waals surface area contributed by atoms with Crippen molar-refractivity contribution in [2.45, 2.75) is 115 Å². The Hall–Kier alpha value is -6.73. The summed E-state index contributed by atoms with van der Waals surface area (Å²) >= 11 is 9.60. The normalized spacial score (nSPS) is 24.5. The number of aromatic amines is 1. The highest BCUT2D eigenvalue weighted by Gasteiger charge is 2.51. The van der Waals surface area contributed by atoms with Crippen LogP contribution in [0.3, 0.4) is 0 Å². The van der Waals surface area contributed by atoms with Gasteiger partial charge in [0.25, 0.3) is 11.5 Å². The molecule has 87 heavy (non-hydrogen) atoms. The Morgan fingerprint density at radius 2 is 1.71 bits per heavy atom. The van der Waals surface area contributed by atoms with Crippen LogP contribution in [0.25, 0.3) is 11.2 Å². The number of hydrogen-bond donors (Lipinski definition) is 8. The minimum absolute atomic E-state index is 0.0359. The van der Waals surface area contributed by atoms with Gasteiger partial charge in [0, 0.05) is 75.4 Å². The lowest BCUT2D eigenvalue weighted by molar-refractivity contribution is -0.133. The summed E-state index contributed by atoms with van der Waals surface area (Å²) in [7, 11) is 1.47. The number of aromatic nitrogens is 6. The number of nitrogens with zero attached hydrogens (tertiary/aromatic N) is 6. The average molecular weight is 1280 g/mol. The SMILES string of the molecule is CC(C)[C@H](CC(=O)CNC(=O)CCC(=O)CN)C(=O)N[C@@H](C)C(=O)Cc1ccc(COC(=O)N(C)Cc2ccccc2C(=O)Nc2nc3c(ncn3[C@@H]3O[C@@H]4COP(O)(=S)O[C@H]5C[C@H](Oc6ccncn6)C[C@@H]5COP(=O)(S)O[C@@H]3[C@@H]4O)c(=O)[nH]2)cc1. The van der Waals surface area contributed by atoms with Gasteiger partial charge in [-0.1, -0.05) is 68.6 Å². The first-order chi connectivity index (χ1) is 41.3. The van der Waals surface area contributed by atoms with Crippen LogP contribution in [-0.4, -0.2) is 155 Å². The Balaban J connectivity index is 0.847. The number of aliphatic hydroxyl groups excluding tert-OH is 1. The summed E-state index contributed by atoms with van der Waals surface area (Å²) in [5, 5.41) is 19.3. The molecule has 33 heteroatoms. The lowest BCUT2D eigenvalue weighted by Crippen LogP contribution is -2.44. The van der Waals surface area contributed by atoms with Crippen LogP contribution in [0.1, 0.15) is 86.2 Å². The average Bonchev–Trinajstić information content (AvgIpc) is 1.75. The molecule has 4 amide bonds. The van der Waals surface area contributed by atoms with E-state index in [2.05, 4.69) is 53.1 Å². The highest BCUT2D eigenvalue weighted by atomic mass is 32.7. The molecule has 5 aromatic rings. The summed E-state index contributed by atoms with van der Waals surface area (Å²) in [5.74, 6) is -4.31. The summed E-state index contributed by atoms with van der Waals surface area (Å²) in [6.45, 7) is -4.89. The molecule has 3 aromatic heterocycles. The van der Waals surface area contributed by atoms with Crippen LogP contribution >= 0.6 is 25.8 Å². The molecule has 8 N–H and O–H groups in total. The molecule has 1 aliphatic carbocycles. The number of aliphatic hydroxyl groups is 1. The van der Waals surface area contributed by atoms with Gasteiger partial charge >= 0.3 is 19.6 Å². The molecule has 0 spiro atoms. The monoisotopic (exact) mass is 1280 g/mol. The van der Waals surface area contributed by atoms with Crippen molar-refractivity contribution in [3.05, 3.63) is 106 Å². The Bertz CT molecular complexity index is 3490. The van der Waals surface area contributed by atoms with Crippen LogP contribution < -0.4 is 32.0 Å². The molecule has 8 rings (SSSR count). The lowest BCUT2D eigenvalue weighted by atomic mass is 9.89. The number of carbonyl (C=O) groups is 7. The van der Waals surface area contributed by atoms with Gasteiger partial charge in [0.2, 0.25) is 23.6 Å². The third kappa shape index (κ3) is 18.0. The van der Waals surface area contributed by atoms with E-state index in [0.29, 0.717) is 29.0 Å². The van der Waals surface area contributed by atoms with Crippen LogP contribution in [0.5, 0.6) is 5.88 Å². The molecule has 0 radical (unpaired) electrons. The number of nitrogens with one attached hydrogen (secondary N) is 4. The Labute approximate surface area is 508 Å². The first-order valence-electron chi connectivity index (χ1n) is 27.6. The number of Topliss-reactive ketones (excluding diaryl/α,β-unsaturated/α-hetero) is 3. The number of anilines is 1. The van der Waals surface area contributed by atoms with Crippen molar-refractivity contribution < 1.29 is 80.4 Å². The summed E-state index contributed by atoms with van der Waals surface area (Å²) in [6.07, 6.45) is -3.80. The molecule has 2 aromatic carbocycles. The molecule has 3 aliphatic rings. The van der Waals surface area contributed by atoms with Crippen molar-refractivity contribution in [3.63, 3.8) is 0 Å². The second-order valence-electron chi connectivity index (χ2n) is 21.4. The highest BCUT2D eigenvalue weighted by Crippen LogP contribution is 2.59. The standard InChI is InChI=1S/C54H67N11O18P2S2/c1-29(2)39(19-36(67)22-57-43(69)14-13-35(66)21-55)50(72)60-30(3)40(68)17-31-9-11-32(12-10-31)24-77-54(74)64(4)23-33-7-5-6-8-38(33)49(71)62-53-61-48-45(51(73)63-53)59-28-65(48)52-47-46(70)42(81-52)26-79-84(75,86)82-41-20-37(80-44-15-16-56-27-58-44)18-34(41)25-78-85(76,87)83-47/h5-12,15-16,27-30,34,37,39,41-42,46-47,52,70H,13-14,17-26,55H2,1-4H3,(H,57,69)(H,60,72)(H,75,86)(H,76,87)(H2,61,62,63,71,73)/t30-,34+,37+,39-,41-,42+,46+,47+,52+,84?,85?/m0/s1. The number of fused-ring (bicyclic) bond motifs is 4. The van der Waals surface area contributed by atoms with Gasteiger partial charge in [0.1, 0.15) is 43.1 Å². The number of ketones is 3. The summed E-state index contributed by atoms with van der Waals surface area (Å²) < 4.78 is 56.2. The molecule has 29 nitrogen and oxygen atoms in total. The molecular weight excluding hydrogens is 1220 g/mol. The minimum Gasteiger partial charge on any atom is -0.474 e. The number of thiol groups is 1. The molecule has 2 saturated heterocycles. The maximum atomic E-state index is 14.0. The van der Waals surface area contributed by atoms with Gasteiger partial charge < -0.3 is 59.0 Å². The summed E-state index contributed by atoms with van der Waals surface area (Å²) in [5.41, 5.74) is 5.76. The van der Waals surface area contributed by atoms with Crippen molar-refractivity contribution in [1.29, 1.82) is 0 Å². The van der Waals surface area contributed by atoms with E-state index in [4.69, 9.17) is 49.8 Å². The minimum atomic E-state index is -4.37. The van der Waals surface area contributed by atoms with E-state index in [-0.39, 0.29) is 111 Å². The van der Waals surface area contributed by atoms with E-state index in [1.807, 2.05) is 0 Å². The van der Waals surface area contributed by atoms with Gasteiger partial charge in [-0.15, -0.1) is 0 Å². The van der Waals surface area contributed by atoms with E-state index >= 15 is 0 Å². The first-order valence-corrected chi connectivity index (χ1v) is 32.9. The van der Waals surface area contributed by atoms with Gasteiger partial charge in [0.05, 0.1) is 44.8 Å². The van der Waals surface area contributed by atoms with Crippen LogP contribution in [0.2, 0.25) is 0 Å². The number of ether oxygens (including phenoxy) is 3. The molecular formula is C54H67N11O18P2S2. The van der Waals surface area contributed by atoms with Crippen molar-refractivity contribution in [3.8, 4) is 5.88 Å². The fraction of sp³-hybridized carbons (Fsp3) is 0.481. The lowest BCUT2D eigenvalue weighted by Gasteiger charge is -2.27. The zero-order chi connectivity index (χ0) is 62.7. The Kier molecular flexibility index (Phi) is 22.5. The number of imidazole rings is 1. The van der Waals surface area contributed by atoms with E-state index < -0.39 is 104 Å². The predicted molar refractivity (Wildman–Crippen MR) is 315 cm³/mol. The Morgan fingerprint density at radius 3 is 2.44 bits per heavy atom. The number of nitrogens with two attached hydrogens (primary N) is 1. The largest absolute Gasteiger partial charge is 0.474 e. The molecule has 3 fully saturated rings. The van der Waals surface area contributed by atoms with Crippen molar-refractivity contribution >= 4 is 95.8 Å². The third-order valence-electron chi connectivity index (χ3n) is 14.6. The number of hydrogen-bond acceptors (Lipinski definition) is 23. The second kappa shape index (κ2) is 29.5. The Morgan fingerprint density at radius 1 is 0.966 bits per heavy atom. The third-order valence-corrected chi connectivity index (χ3v) is 17.8. The zero-order valence-corrected chi connectivity index (χ0v) is 51.1. The van der Waals surface area contributed by atoms with Gasteiger partial charge in [-0.2, -0.15) is 4.98 Å². The number of rotatable bonds is 23. The van der Waals surface area contributed by atoms with Crippen LogP contribution in [0, 0.1) is 17.8 Å². The maximum absolute atomic E-state index is 14.0. The van der Waals surface area contributed by atoms with Crippen molar-refractivity contribution in [2.75, 3.05) is 38.7 Å². The summed E-state index contributed by atoms with van der Waals surface area (Å²) in [6, 6.07) is 13.8. The number of carbonyl (C=O) groups excluding carboxylic acids is 7. The molecule has 2 bridgehead atoms. The molecule has 5 heterocycles. The molecule has 2 unspecified atom stereocenters. The van der Waals surface area contributed by atoms with Crippen LogP contribution in [0.4, 0.5) is 10.7 Å². The predicted octanol–water partition coefficient (Wildman–Crippen LogP) is 3.39. The fourth-order valence-electron chi connectivity index (χ4n) is 9.79. The van der Waals surface area contributed by atoms with Gasteiger partial charge in [0.15, 0.2) is 29.0 Å². The van der Waals surface area contributed by atoms with Crippen LogP contribution in [0.15, 0.2) is 78.2 Å². The van der Waals surface area contributed by atoms with Gasteiger partial charge in [-0.05, 0) is 53.8 Å². The van der Waals surface area contributed by atoms with Gasteiger partial charge in [-0.25, -0.2) is 24.3 Å². The molecule has 468 valence electrons. The molecule has 2 aliphatic heterocycles. The van der Waals surface area contributed by atoms with Crippen molar-refractivity contribution in [1.82, 2.24) is 45.0 Å². The number of benzene rings is 2. The van der Waals surface area contributed by atoms with E-state index in [0.717, 1.165) is 6.33 Å². The quantitative estimate of drug-likeness (QED) is 0.0343. The van der Waals surface area contributed by atoms with Crippen molar-refractivity contribution in [2.24, 2.45) is 23.5 Å². The van der Waals surface area contributed by atoms with E-state index in [1.54, 1.807) is 69.3 Å². The summed E-state index contributed by atoms with van der Waals surface area (Å²) in [4.78, 5) is 135. The molecule has 11 atom stereocenters. The van der Waals surface area contributed by atoms with Crippen LogP contribution in [-0.2, 0) is 87.5 Å². The number of amides is 4. The zero-order valence-electron chi connectivity index (χ0n) is 47.6. The number of H-pyrrole nitrogens is 1. The second-order valence-corrected chi connectivity index (χ2v) is 27.0. The van der Waals surface area contributed by atoms with E-state index in [9.17, 15) is 52.9 Å². The van der Waals surface area contributed by atoms with Gasteiger partial charge in [-0.3, -0.25) is 53.0 Å². The highest BCUT2D eigenvalue weighted by molar-refractivity contribution is 8.44. The molecule has 1 saturated carbocycles.